The quantitative estimate of drug-likeness (QED) is 0.753. The van der Waals surface area contributed by atoms with E-state index in [9.17, 15) is 4.39 Å². The number of ether oxygens (including phenoxy) is 2. The fourth-order valence-electron chi connectivity index (χ4n) is 2.25. The Morgan fingerprint density at radius 3 is 2.32 bits per heavy atom. The van der Waals surface area contributed by atoms with Crippen LogP contribution < -0.4 is 15.2 Å². The van der Waals surface area contributed by atoms with Crippen molar-refractivity contribution in [3.63, 3.8) is 0 Å². The van der Waals surface area contributed by atoms with Gasteiger partial charge in [0.15, 0.2) is 0 Å². The number of benzene rings is 1. The summed E-state index contributed by atoms with van der Waals surface area (Å²) in [7, 11) is 3.15. The number of anilines is 1. The molecule has 0 unspecified atom stereocenters. The number of nitrogens with zero attached hydrogens (tertiary/aromatic N) is 2. The number of fused-ring (bicyclic) bond motifs is 1. The van der Waals surface area contributed by atoms with Crippen LogP contribution in [0.4, 0.5) is 10.2 Å². The Labute approximate surface area is 126 Å². The Morgan fingerprint density at radius 1 is 1.00 bits per heavy atom. The number of nitrogens with two attached hydrogens (primary N) is 1. The van der Waals surface area contributed by atoms with Gasteiger partial charge in [0.1, 0.15) is 17.3 Å². The SMILES string of the molecule is COc1cc(OC)cc(-c2cc3cnc(F)cc3nc2N)c1. The highest BCUT2D eigenvalue weighted by Crippen LogP contribution is 2.33. The highest BCUT2D eigenvalue weighted by atomic mass is 19.1. The number of rotatable bonds is 3. The second-order valence-electron chi connectivity index (χ2n) is 4.72. The van der Waals surface area contributed by atoms with Gasteiger partial charge in [-0.1, -0.05) is 0 Å². The number of hydrogen-bond acceptors (Lipinski definition) is 5. The lowest BCUT2D eigenvalue weighted by molar-refractivity contribution is 0.394. The Bertz CT molecular complexity index is 830. The van der Waals surface area contributed by atoms with Gasteiger partial charge < -0.3 is 15.2 Å². The number of halogens is 1. The van der Waals surface area contributed by atoms with Crippen molar-refractivity contribution in [1.29, 1.82) is 0 Å². The summed E-state index contributed by atoms with van der Waals surface area (Å²) in [5.41, 5.74) is 7.98. The number of aromatic nitrogens is 2. The summed E-state index contributed by atoms with van der Waals surface area (Å²) >= 11 is 0. The van der Waals surface area contributed by atoms with Crippen LogP contribution in [0.1, 0.15) is 0 Å². The Balaban J connectivity index is 2.21. The van der Waals surface area contributed by atoms with Crippen LogP contribution in [0.5, 0.6) is 11.5 Å². The third-order valence-corrected chi connectivity index (χ3v) is 3.36. The molecule has 0 aliphatic heterocycles. The van der Waals surface area contributed by atoms with E-state index in [1.165, 1.54) is 12.3 Å². The smallest absolute Gasteiger partial charge is 0.214 e. The molecule has 3 rings (SSSR count). The number of nitrogen functional groups attached to an aromatic ring is 1. The normalized spacial score (nSPS) is 10.7. The molecule has 5 nitrogen and oxygen atoms in total. The summed E-state index contributed by atoms with van der Waals surface area (Å²) in [6, 6.07) is 8.50. The molecule has 2 aromatic heterocycles. The highest BCUT2D eigenvalue weighted by molar-refractivity contribution is 5.88. The zero-order valence-electron chi connectivity index (χ0n) is 12.1. The fraction of sp³-hybridized carbons (Fsp3) is 0.125. The first kappa shape index (κ1) is 14.1. The lowest BCUT2D eigenvalue weighted by Gasteiger charge is -2.11. The van der Waals surface area contributed by atoms with Gasteiger partial charge in [0, 0.05) is 29.3 Å². The van der Waals surface area contributed by atoms with Gasteiger partial charge in [-0.3, -0.25) is 0 Å². The molecule has 0 fully saturated rings. The summed E-state index contributed by atoms with van der Waals surface area (Å²) in [4.78, 5) is 7.88. The standard InChI is InChI=1S/C16H14FN3O2/c1-21-11-3-9(4-12(6-11)22-2)13-5-10-8-19-15(17)7-14(10)20-16(13)18/h3-8H,1-2H3,(H2,18,20). The largest absolute Gasteiger partial charge is 0.497 e. The molecule has 0 radical (unpaired) electrons. The van der Waals surface area contributed by atoms with Crippen molar-refractivity contribution in [1.82, 2.24) is 9.97 Å². The maximum absolute atomic E-state index is 13.2. The fourth-order valence-corrected chi connectivity index (χ4v) is 2.25. The molecule has 112 valence electrons. The molecule has 2 heterocycles. The molecule has 1 aromatic carbocycles. The molecular weight excluding hydrogens is 285 g/mol. The number of methoxy groups -OCH3 is 2. The molecule has 2 N–H and O–H groups in total. The van der Waals surface area contributed by atoms with Crippen molar-refractivity contribution in [3.05, 3.63) is 42.5 Å². The van der Waals surface area contributed by atoms with Crippen molar-refractivity contribution < 1.29 is 13.9 Å². The van der Waals surface area contributed by atoms with E-state index in [1.54, 1.807) is 20.3 Å². The number of hydrogen-bond donors (Lipinski definition) is 1. The van der Waals surface area contributed by atoms with Crippen LogP contribution in [0, 0.1) is 5.95 Å². The highest BCUT2D eigenvalue weighted by Gasteiger charge is 2.10. The summed E-state index contributed by atoms with van der Waals surface area (Å²) < 4.78 is 23.7. The van der Waals surface area contributed by atoms with Crippen LogP contribution in [0.15, 0.2) is 36.5 Å². The molecule has 6 heteroatoms. The molecule has 0 aliphatic carbocycles. The number of pyridine rings is 2. The van der Waals surface area contributed by atoms with Gasteiger partial charge in [0.05, 0.1) is 19.7 Å². The van der Waals surface area contributed by atoms with E-state index in [0.717, 1.165) is 5.56 Å². The van der Waals surface area contributed by atoms with Crippen molar-refractivity contribution in [3.8, 4) is 22.6 Å². The zero-order valence-corrected chi connectivity index (χ0v) is 12.1. The first-order valence-electron chi connectivity index (χ1n) is 6.56. The van der Waals surface area contributed by atoms with Crippen molar-refractivity contribution in [2.24, 2.45) is 0 Å². The van der Waals surface area contributed by atoms with Gasteiger partial charge in [-0.25, -0.2) is 9.97 Å². The Kier molecular flexibility index (Phi) is 3.50. The van der Waals surface area contributed by atoms with Crippen molar-refractivity contribution in [2.75, 3.05) is 20.0 Å². The van der Waals surface area contributed by atoms with Crippen LogP contribution >= 0.6 is 0 Å². The molecule has 0 amide bonds. The van der Waals surface area contributed by atoms with E-state index >= 15 is 0 Å². The average Bonchev–Trinajstić information content (AvgIpc) is 2.53. The zero-order chi connectivity index (χ0) is 15.7. The molecular formula is C16H14FN3O2. The van der Waals surface area contributed by atoms with Crippen molar-refractivity contribution >= 4 is 16.7 Å². The van der Waals surface area contributed by atoms with E-state index in [4.69, 9.17) is 15.2 Å². The second kappa shape index (κ2) is 5.48. The maximum Gasteiger partial charge on any atom is 0.214 e. The second-order valence-corrected chi connectivity index (χ2v) is 4.72. The van der Waals surface area contributed by atoms with Crippen LogP contribution in [0.25, 0.3) is 22.0 Å². The van der Waals surface area contributed by atoms with Gasteiger partial charge in [-0.05, 0) is 23.8 Å². The molecule has 0 aliphatic rings. The van der Waals surface area contributed by atoms with Crippen LogP contribution in [-0.4, -0.2) is 24.2 Å². The van der Waals surface area contributed by atoms with E-state index in [2.05, 4.69) is 9.97 Å². The topological polar surface area (TPSA) is 70.3 Å². The van der Waals surface area contributed by atoms with Crippen LogP contribution in [-0.2, 0) is 0 Å². The summed E-state index contributed by atoms with van der Waals surface area (Å²) in [6.45, 7) is 0. The van der Waals surface area contributed by atoms with Gasteiger partial charge in [-0.15, -0.1) is 0 Å². The van der Waals surface area contributed by atoms with Gasteiger partial charge in [0.2, 0.25) is 5.95 Å². The molecule has 0 saturated carbocycles. The first-order valence-corrected chi connectivity index (χ1v) is 6.56. The summed E-state index contributed by atoms with van der Waals surface area (Å²) in [5, 5.41) is 0.701. The Morgan fingerprint density at radius 2 is 1.68 bits per heavy atom. The molecule has 0 spiro atoms. The van der Waals surface area contributed by atoms with E-state index in [-0.39, 0.29) is 0 Å². The van der Waals surface area contributed by atoms with Crippen LogP contribution in [0.2, 0.25) is 0 Å². The van der Waals surface area contributed by atoms with E-state index in [0.29, 0.717) is 33.8 Å². The predicted octanol–water partition coefficient (Wildman–Crippen LogP) is 3.04. The van der Waals surface area contributed by atoms with E-state index in [1.807, 2.05) is 18.2 Å². The van der Waals surface area contributed by atoms with Gasteiger partial charge >= 0.3 is 0 Å². The lowest BCUT2D eigenvalue weighted by atomic mass is 10.0. The molecule has 0 saturated heterocycles. The van der Waals surface area contributed by atoms with Crippen molar-refractivity contribution in [2.45, 2.75) is 0 Å². The summed E-state index contributed by atoms with van der Waals surface area (Å²) in [5.74, 6) is 1.00. The average molecular weight is 299 g/mol. The summed E-state index contributed by atoms with van der Waals surface area (Å²) in [6.07, 6.45) is 1.43. The Hall–Kier alpha value is -2.89. The predicted molar refractivity (Wildman–Crippen MR) is 82.4 cm³/mol. The first-order chi connectivity index (χ1) is 10.6. The molecule has 22 heavy (non-hydrogen) atoms. The molecule has 0 bridgehead atoms. The van der Waals surface area contributed by atoms with Gasteiger partial charge in [-0.2, -0.15) is 4.39 Å². The monoisotopic (exact) mass is 299 g/mol. The minimum absolute atomic E-state index is 0.299. The molecule has 3 aromatic rings. The maximum atomic E-state index is 13.2. The third kappa shape index (κ3) is 2.50. The van der Waals surface area contributed by atoms with Gasteiger partial charge in [0.25, 0.3) is 0 Å². The lowest BCUT2D eigenvalue weighted by Crippen LogP contribution is -1.97. The minimum atomic E-state index is -0.588. The van der Waals surface area contributed by atoms with Crippen LogP contribution in [0.3, 0.4) is 0 Å². The minimum Gasteiger partial charge on any atom is -0.497 e. The van der Waals surface area contributed by atoms with E-state index < -0.39 is 5.95 Å². The third-order valence-electron chi connectivity index (χ3n) is 3.36. The molecule has 0 atom stereocenters.